The number of methoxy groups -OCH3 is 1. The van der Waals surface area contributed by atoms with Gasteiger partial charge in [-0.3, -0.25) is 9.36 Å². The summed E-state index contributed by atoms with van der Waals surface area (Å²) in [6, 6.07) is 16.4. The summed E-state index contributed by atoms with van der Waals surface area (Å²) < 4.78 is 7.07. The van der Waals surface area contributed by atoms with E-state index in [1.54, 1.807) is 7.11 Å². The normalized spacial score (nSPS) is 12.0. The highest BCUT2D eigenvalue weighted by molar-refractivity contribution is 7.99. The maximum absolute atomic E-state index is 12.3. The Morgan fingerprint density at radius 2 is 1.69 bits per heavy atom. The Morgan fingerprint density at radius 3 is 2.31 bits per heavy atom. The summed E-state index contributed by atoms with van der Waals surface area (Å²) in [4.78, 5) is 12.3. The molecule has 3 rings (SSSR count). The Hall–Kier alpha value is -2.64. The van der Waals surface area contributed by atoms with Gasteiger partial charge in [0.15, 0.2) is 11.0 Å². The Morgan fingerprint density at radius 1 is 1.07 bits per heavy atom. The van der Waals surface area contributed by atoms with Gasteiger partial charge in [-0.05, 0) is 32.9 Å². The van der Waals surface area contributed by atoms with Crippen molar-refractivity contribution in [2.45, 2.75) is 32.0 Å². The zero-order valence-corrected chi connectivity index (χ0v) is 18.0. The van der Waals surface area contributed by atoms with Crippen molar-refractivity contribution in [1.29, 1.82) is 0 Å². The van der Waals surface area contributed by atoms with Crippen molar-refractivity contribution < 1.29 is 9.53 Å². The fourth-order valence-electron chi connectivity index (χ4n) is 2.92. The second-order valence-electron chi connectivity index (χ2n) is 7.06. The molecule has 0 aliphatic carbocycles. The smallest absolute Gasteiger partial charge is 0.230 e. The van der Waals surface area contributed by atoms with Crippen LogP contribution in [0, 0.1) is 13.8 Å². The minimum Gasteiger partial charge on any atom is -0.383 e. The van der Waals surface area contributed by atoms with Gasteiger partial charge in [0.25, 0.3) is 0 Å². The first-order chi connectivity index (χ1) is 14.0. The number of nitrogens with one attached hydrogen (secondary N) is 1. The summed E-state index contributed by atoms with van der Waals surface area (Å²) in [5, 5.41) is 12.4. The van der Waals surface area contributed by atoms with E-state index in [0.717, 1.165) is 17.1 Å². The molecule has 0 aliphatic heterocycles. The second kappa shape index (κ2) is 9.71. The molecule has 1 atom stereocenters. The van der Waals surface area contributed by atoms with Gasteiger partial charge in [-0.1, -0.05) is 59.3 Å². The maximum Gasteiger partial charge on any atom is 0.230 e. The Balaban J connectivity index is 1.88. The third kappa shape index (κ3) is 5.46. The van der Waals surface area contributed by atoms with E-state index in [1.807, 2.05) is 35.8 Å². The van der Waals surface area contributed by atoms with Gasteiger partial charge < -0.3 is 10.1 Å². The Bertz CT molecular complexity index is 952. The lowest BCUT2D eigenvalue weighted by molar-refractivity contribution is -0.119. The van der Waals surface area contributed by atoms with Gasteiger partial charge in [-0.25, -0.2) is 0 Å². The van der Waals surface area contributed by atoms with E-state index in [0.29, 0.717) is 11.8 Å². The van der Waals surface area contributed by atoms with Crippen LogP contribution in [0.1, 0.15) is 18.1 Å². The second-order valence-corrected chi connectivity index (χ2v) is 8.00. The molecule has 1 heterocycles. The van der Waals surface area contributed by atoms with Gasteiger partial charge in [-0.15, -0.1) is 10.2 Å². The van der Waals surface area contributed by atoms with Crippen molar-refractivity contribution in [3.05, 3.63) is 59.7 Å². The maximum atomic E-state index is 12.3. The lowest BCUT2D eigenvalue weighted by Crippen LogP contribution is -2.36. The molecule has 0 saturated carbocycles. The predicted octanol–water partition coefficient (Wildman–Crippen LogP) is 3.79. The lowest BCUT2D eigenvalue weighted by Gasteiger charge is -2.13. The third-order valence-corrected chi connectivity index (χ3v) is 5.32. The zero-order valence-electron chi connectivity index (χ0n) is 17.2. The molecule has 0 spiro atoms. The van der Waals surface area contributed by atoms with Crippen LogP contribution in [0.25, 0.3) is 17.1 Å². The fourth-order valence-corrected chi connectivity index (χ4v) is 3.68. The van der Waals surface area contributed by atoms with Gasteiger partial charge in [0.2, 0.25) is 5.91 Å². The van der Waals surface area contributed by atoms with Crippen LogP contribution in [0.4, 0.5) is 0 Å². The molecule has 1 aromatic heterocycles. The van der Waals surface area contributed by atoms with Gasteiger partial charge >= 0.3 is 0 Å². The number of ether oxygens (including phenoxy) is 1. The SMILES string of the molecule is COC[C@H](C)NC(=O)CSc1nnc(-c2ccc(C)cc2)n1-c1ccc(C)cc1. The van der Waals surface area contributed by atoms with Crippen molar-refractivity contribution >= 4 is 17.7 Å². The summed E-state index contributed by atoms with van der Waals surface area (Å²) in [7, 11) is 1.62. The summed E-state index contributed by atoms with van der Waals surface area (Å²) in [5.74, 6) is 0.950. The van der Waals surface area contributed by atoms with E-state index in [4.69, 9.17) is 4.74 Å². The quantitative estimate of drug-likeness (QED) is 0.572. The summed E-state index contributed by atoms with van der Waals surface area (Å²) in [5.41, 5.74) is 4.31. The molecule has 29 heavy (non-hydrogen) atoms. The number of thioether (sulfide) groups is 1. The van der Waals surface area contributed by atoms with E-state index in [-0.39, 0.29) is 17.7 Å². The first-order valence-corrected chi connectivity index (χ1v) is 10.5. The van der Waals surface area contributed by atoms with E-state index < -0.39 is 0 Å². The van der Waals surface area contributed by atoms with E-state index in [2.05, 4.69) is 53.6 Å². The van der Waals surface area contributed by atoms with Crippen LogP contribution in [0.2, 0.25) is 0 Å². The molecule has 0 fully saturated rings. The third-order valence-electron chi connectivity index (χ3n) is 4.39. The standard InChI is InChI=1S/C22H26N4O2S/c1-15-5-9-18(10-6-15)21-24-25-22(26(21)19-11-7-16(2)8-12-19)29-14-20(27)23-17(3)13-28-4/h5-12,17H,13-14H2,1-4H3,(H,23,27)/t17-/m0/s1. The number of carbonyl (C=O) groups is 1. The summed E-state index contributed by atoms with van der Waals surface area (Å²) in [6.45, 7) is 6.50. The number of nitrogens with zero attached hydrogens (tertiary/aromatic N) is 3. The molecule has 1 N–H and O–H groups in total. The van der Waals surface area contributed by atoms with Crippen molar-refractivity contribution in [1.82, 2.24) is 20.1 Å². The number of carbonyl (C=O) groups excluding carboxylic acids is 1. The average Bonchev–Trinajstić information content (AvgIpc) is 3.11. The molecule has 7 heteroatoms. The lowest BCUT2D eigenvalue weighted by atomic mass is 10.1. The van der Waals surface area contributed by atoms with Crippen LogP contribution >= 0.6 is 11.8 Å². The minimum absolute atomic E-state index is 0.0359. The molecule has 0 aliphatic rings. The first kappa shape index (κ1) is 21.1. The number of rotatable bonds is 8. The van der Waals surface area contributed by atoms with Crippen molar-refractivity contribution in [3.8, 4) is 17.1 Å². The highest BCUT2D eigenvalue weighted by atomic mass is 32.2. The number of aromatic nitrogens is 3. The van der Waals surface area contributed by atoms with Crippen LogP contribution in [0.5, 0.6) is 0 Å². The van der Waals surface area contributed by atoms with Crippen LogP contribution in [-0.4, -0.2) is 46.2 Å². The average molecular weight is 411 g/mol. The van der Waals surface area contributed by atoms with E-state index in [9.17, 15) is 4.79 Å². The molecular formula is C22H26N4O2S. The predicted molar refractivity (Wildman–Crippen MR) is 116 cm³/mol. The van der Waals surface area contributed by atoms with E-state index >= 15 is 0 Å². The van der Waals surface area contributed by atoms with Crippen LogP contribution in [-0.2, 0) is 9.53 Å². The molecule has 3 aromatic rings. The minimum atomic E-state index is -0.0603. The topological polar surface area (TPSA) is 69.0 Å². The molecule has 6 nitrogen and oxygen atoms in total. The molecule has 0 saturated heterocycles. The highest BCUT2D eigenvalue weighted by Crippen LogP contribution is 2.28. The molecule has 0 radical (unpaired) electrons. The van der Waals surface area contributed by atoms with Gasteiger partial charge in [0.1, 0.15) is 0 Å². The van der Waals surface area contributed by atoms with Crippen LogP contribution < -0.4 is 5.32 Å². The summed E-state index contributed by atoms with van der Waals surface area (Å²) in [6.07, 6.45) is 0. The van der Waals surface area contributed by atoms with E-state index in [1.165, 1.54) is 22.9 Å². The molecule has 0 bridgehead atoms. The Labute approximate surface area is 175 Å². The Kier molecular flexibility index (Phi) is 7.06. The summed E-state index contributed by atoms with van der Waals surface area (Å²) >= 11 is 1.37. The van der Waals surface area contributed by atoms with Crippen molar-refractivity contribution in [3.63, 3.8) is 0 Å². The van der Waals surface area contributed by atoms with Crippen LogP contribution in [0.15, 0.2) is 53.7 Å². The van der Waals surface area contributed by atoms with Gasteiger partial charge in [-0.2, -0.15) is 0 Å². The number of aryl methyl sites for hydroxylation is 2. The molecule has 152 valence electrons. The zero-order chi connectivity index (χ0) is 20.8. The fraction of sp³-hybridized carbons (Fsp3) is 0.318. The largest absolute Gasteiger partial charge is 0.383 e. The number of amides is 1. The monoisotopic (exact) mass is 410 g/mol. The van der Waals surface area contributed by atoms with Crippen molar-refractivity contribution in [2.75, 3.05) is 19.5 Å². The molecule has 0 unspecified atom stereocenters. The molecular weight excluding hydrogens is 384 g/mol. The number of benzene rings is 2. The highest BCUT2D eigenvalue weighted by Gasteiger charge is 2.17. The van der Waals surface area contributed by atoms with Gasteiger partial charge in [0.05, 0.1) is 12.4 Å². The first-order valence-electron chi connectivity index (χ1n) is 9.48. The van der Waals surface area contributed by atoms with Crippen molar-refractivity contribution in [2.24, 2.45) is 0 Å². The number of hydrogen-bond acceptors (Lipinski definition) is 5. The number of hydrogen-bond donors (Lipinski definition) is 1. The molecule has 2 aromatic carbocycles. The van der Waals surface area contributed by atoms with Crippen LogP contribution in [0.3, 0.4) is 0 Å². The molecule has 1 amide bonds. The van der Waals surface area contributed by atoms with Gasteiger partial charge in [0, 0.05) is 24.4 Å².